The third-order valence-corrected chi connectivity index (χ3v) is 3.33. The molecule has 0 aromatic rings. The smallest absolute Gasteiger partial charge is 0.0220 e. The Kier molecular flexibility index (Phi) is 5.62. The van der Waals surface area contributed by atoms with Crippen molar-refractivity contribution >= 4 is 0 Å². The van der Waals surface area contributed by atoms with Gasteiger partial charge in [0, 0.05) is 25.2 Å². The molecule has 1 fully saturated rings. The van der Waals surface area contributed by atoms with Gasteiger partial charge in [0.1, 0.15) is 0 Å². The lowest BCUT2D eigenvalue weighted by atomic mass is 9.94. The van der Waals surface area contributed by atoms with Crippen LogP contribution in [0.2, 0.25) is 0 Å². The molecule has 2 nitrogen and oxygen atoms in total. The third-order valence-electron chi connectivity index (χ3n) is 3.33. The molecule has 1 saturated heterocycles. The standard InChI is InChI=1S/C13H28N2/c1-5-8-15-10-12(4)6-7-13(15)9-14-11(2)3/h11-14H,5-10H2,1-4H3. The second-order valence-electron chi connectivity index (χ2n) is 5.39. The van der Waals surface area contributed by atoms with E-state index in [9.17, 15) is 0 Å². The summed E-state index contributed by atoms with van der Waals surface area (Å²) < 4.78 is 0. The molecule has 90 valence electrons. The lowest BCUT2D eigenvalue weighted by Crippen LogP contribution is -2.48. The fourth-order valence-corrected chi connectivity index (χ4v) is 2.46. The van der Waals surface area contributed by atoms with Gasteiger partial charge in [0.2, 0.25) is 0 Å². The Balaban J connectivity index is 2.37. The van der Waals surface area contributed by atoms with Gasteiger partial charge < -0.3 is 5.32 Å². The highest BCUT2D eigenvalue weighted by Crippen LogP contribution is 2.21. The zero-order valence-corrected chi connectivity index (χ0v) is 10.9. The fraction of sp³-hybridized carbons (Fsp3) is 1.00. The highest BCUT2D eigenvalue weighted by Gasteiger charge is 2.24. The van der Waals surface area contributed by atoms with Crippen molar-refractivity contribution in [2.24, 2.45) is 5.92 Å². The molecule has 0 aromatic carbocycles. The highest BCUT2D eigenvalue weighted by molar-refractivity contribution is 4.81. The molecule has 1 heterocycles. The van der Waals surface area contributed by atoms with Crippen LogP contribution in [-0.4, -0.2) is 36.6 Å². The molecule has 2 atom stereocenters. The number of likely N-dealkylation sites (tertiary alicyclic amines) is 1. The van der Waals surface area contributed by atoms with E-state index in [1.54, 1.807) is 0 Å². The summed E-state index contributed by atoms with van der Waals surface area (Å²) in [7, 11) is 0. The van der Waals surface area contributed by atoms with Crippen LogP contribution in [0.15, 0.2) is 0 Å². The van der Waals surface area contributed by atoms with Gasteiger partial charge in [-0.25, -0.2) is 0 Å². The van der Waals surface area contributed by atoms with E-state index >= 15 is 0 Å². The second-order valence-corrected chi connectivity index (χ2v) is 5.39. The van der Waals surface area contributed by atoms with Crippen molar-refractivity contribution in [2.75, 3.05) is 19.6 Å². The lowest BCUT2D eigenvalue weighted by molar-refractivity contribution is 0.111. The summed E-state index contributed by atoms with van der Waals surface area (Å²) in [6.45, 7) is 12.9. The highest BCUT2D eigenvalue weighted by atomic mass is 15.2. The van der Waals surface area contributed by atoms with Gasteiger partial charge in [0.05, 0.1) is 0 Å². The second kappa shape index (κ2) is 6.49. The van der Waals surface area contributed by atoms with Crippen LogP contribution < -0.4 is 5.32 Å². The van der Waals surface area contributed by atoms with Gasteiger partial charge in [-0.1, -0.05) is 27.7 Å². The molecule has 1 aliphatic heterocycles. The molecule has 1 rings (SSSR count). The summed E-state index contributed by atoms with van der Waals surface area (Å²) in [4.78, 5) is 2.68. The van der Waals surface area contributed by atoms with E-state index in [4.69, 9.17) is 0 Å². The van der Waals surface area contributed by atoms with Crippen LogP contribution in [0.5, 0.6) is 0 Å². The molecule has 0 radical (unpaired) electrons. The maximum Gasteiger partial charge on any atom is 0.0220 e. The summed E-state index contributed by atoms with van der Waals surface area (Å²) in [6.07, 6.45) is 4.07. The quantitative estimate of drug-likeness (QED) is 0.753. The normalized spacial score (nSPS) is 28.6. The lowest BCUT2D eigenvalue weighted by Gasteiger charge is -2.39. The van der Waals surface area contributed by atoms with Crippen LogP contribution in [0.4, 0.5) is 0 Å². The maximum atomic E-state index is 3.58. The van der Waals surface area contributed by atoms with Gasteiger partial charge >= 0.3 is 0 Å². The zero-order valence-electron chi connectivity index (χ0n) is 10.9. The molecule has 2 heteroatoms. The monoisotopic (exact) mass is 212 g/mol. The first-order chi connectivity index (χ1) is 7.13. The van der Waals surface area contributed by atoms with Crippen molar-refractivity contribution in [3.8, 4) is 0 Å². The summed E-state index contributed by atoms with van der Waals surface area (Å²) in [5, 5.41) is 3.58. The minimum absolute atomic E-state index is 0.618. The van der Waals surface area contributed by atoms with E-state index in [-0.39, 0.29) is 0 Å². The van der Waals surface area contributed by atoms with Crippen molar-refractivity contribution < 1.29 is 0 Å². The van der Waals surface area contributed by atoms with Crippen molar-refractivity contribution in [1.82, 2.24) is 10.2 Å². The minimum Gasteiger partial charge on any atom is -0.313 e. The van der Waals surface area contributed by atoms with E-state index in [0.717, 1.165) is 12.0 Å². The number of nitrogens with zero attached hydrogens (tertiary/aromatic N) is 1. The van der Waals surface area contributed by atoms with Crippen LogP contribution in [-0.2, 0) is 0 Å². The third kappa shape index (κ3) is 4.52. The first-order valence-electron chi connectivity index (χ1n) is 6.61. The van der Waals surface area contributed by atoms with Crippen LogP contribution in [0, 0.1) is 5.92 Å². The molecule has 2 unspecified atom stereocenters. The predicted octanol–water partition coefficient (Wildman–Crippen LogP) is 2.49. The van der Waals surface area contributed by atoms with Crippen molar-refractivity contribution in [3.05, 3.63) is 0 Å². The molecule has 0 bridgehead atoms. The van der Waals surface area contributed by atoms with Crippen LogP contribution >= 0.6 is 0 Å². The Bertz CT molecular complexity index is 168. The first kappa shape index (κ1) is 13.0. The van der Waals surface area contributed by atoms with Crippen molar-refractivity contribution in [3.63, 3.8) is 0 Å². The summed E-state index contributed by atoms with van der Waals surface area (Å²) in [6, 6.07) is 1.40. The van der Waals surface area contributed by atoms with Crippen molar-refractivity contribution in [2.45, 2.75) is 59.0 Å². The minimum atomic E-state index is 0.618. The fourth-order valence-electron chi connectivity index (χ4n) is 2.46. The SMILES string of the molecule is CCCN1CC(C)CCC1CNC(C)C. The van der Waals surface area contributed by atoms with E-state index < -0.39 is 0 Å². The molecule has 0 spiro atoms. The van der Waals surface area contributed by atoms with Crippen LogP contribution in [0.1, 0.15) is 47.0 Å². The van der Waals surface area contributed by atoms with Crippen LogP contribution in [0.3, 0.4) is 0 Å². The Morgan fingerprint density at radius 2 is 2.07 bits per heavy atom. The number of hydrogen-bond acceptors (Lipinski definition) is 2. The Labute approximate surface area is 95.4 Å². The Morgan fingerprint density at radius 3 is 2.67 bits per heavy atom. The zero-order chi connectivity index (χ0) is 11.3. The number of hydrogen-bond donors (Lipinski definition) is 1. The molecule has 1 N–H and O–H groups in total. The number of piperidine rings is 1. The van der Waals surface area contributed by atoms with Gasteiger partial charge in [-0.15, -0.1) is 0 Å². The van der Waals surface area contributed by atoms with E-state index in [1.807, 2.05) is 0 Å². The number of nitrogens with one attached hydrogen (secondary N) is 1. The number of rotatable bonds is 5. The van der Waals surface area contributed by atoms with E-state index in [0.29, 0.717) is 6.04 Å². The predicted molar refractivity (Wildman–Crippen MR) is 67.2 cm³/mol. The summed E-state index contributed by atoms with van der Waals surface area (Å²) in [5.74, 6) is 0.895. The van der Waals surface area contributed by atoms with Gasteiger partial charge in [-0.3, -0.25) is 4.90 Å². The molecule has 0 amide bonds. The molecule has 1 aliphatic rings. The summed E-state index contributed by atoms with van der Waals surface area (Å²) in [5.41, 5.74) is 0. The Hall–Kier alpha value is -0.0800. The van der Waals surface area contributed by atoms with E-state index in [1.165, 1.54) is 38.9 Å². The molecule has 0 aromatic heterocycles. The Morgan fingerprint density at radius 1 is 1.33 bits per heavy atom. The average Bonchev–Trinajstić information content (AvgIpc) is 2.17. The maximum absolute atomic E-state index is 3.58. The van der Waals surface area contributed by atoms with E-state index in [2.05, 4.69) is 37.9 Å². The summed E-state index contributed by atoms with van der Waals surface area (Å²) >= 11 is 0. The van der Waals surface area contributed by atoms with Gasteiger partial charge in [0.25, 0.3) is 0 Å². The van der Waals surface area contributed by atoms with Gasteiger partial charge in [0.15, 0.2) is 0 Å². The van der Waals surface area contributed by atoms with Crippen molar-refractivity contribution in [1.29, 1.82) is 0 Å². The molecular formula is C13H28N2. The first-order valence-corrected chi connectivity index (χ1v) is 6.61. The molecule has 0 saturated carbocycles. The van der Waals surface area contributed by atoms with Gasteiger partial charge in [-0.2, -0.15) is 0 Å². The van der Waals surface area contributed by atoms with Crippen LogP contribution in [0.25, 0.3) is 0 Å². The molecule has 15 heavy (non-hydrogen) atoms. The average molecular weight is 212 g/mol. The largest absolute Gasteiger partial charge is 0.313 e. The topological polar surface area (TPSA) is 15.3 Å². The van der Waals surface area contributed by atoms with Gasteiger partial charge in [-0.05, 0) is 31.7 Å². The molecule has 0 aliphatic carbocycles. The molecular weight excluding hydrogens is 184 g/mol.